The van der Waals surface area contributed by atoms with Crippen molar-refractivity contribution < 1.29 is 4.79 Å². The fourth-order valence-electron chi connectivity index (χ4n) is 2.41. The second-order valence-corrected chi connectivity index (χ2v) is 8.28. The van der Waals surface area contributed by atoms with Crippen LogP contribution < -0.4 is 21.7 Å². The zero-order valence-corrected chi connectivity index (χ0v) is 17.6. The third-order valence-corrected chi connectivity index (χ3v) is 4.98. The molecule has 2 aromatic heterocycles. The SMILES string of the molecule is Cc1cnc(NC[C@H](C)N)nc1Nc1cccc(C(=O)NCc2ncc(Cl)s2)c1. The van der Waals surface area contributed by atoms with Gasteiger partial charge >= 0.3 is 0 Å². The summed E-state index contributed by atoms with van der Waals surface area (Å²) in [7, 11) is 0. The number of halogens is 1. The molecule has 152 valence electrons. The standard InChI is InChI=1S/C19H22ClN7OS/c1-11-7-24-19(25-8-12(2)21)27-17(11)26-14-5-3-4-13(6-14)18(28)23-10-16-22-9-15(20)29-16/h3-7,9,12H,8,10,21H2,1-2H3,(H,23,28)(H2,24,25,26,27)/t12-/m0/s1. The number of benzene rings is 1. The van der Waals surface area contributed by atoms with Gasteiger partial charge in [-0.2, -0.15) is 4.98 Å². The number of nitrogens with one attached hydrogen (secondary N) is 3. The number of hydrogen-bond acceptors (Lipinski definition) is 8. The topological polar surface area (TPSA) is 118 Å². The molecular weight excluding hydrogens is 410 g/mol. The van der Waals surface area contributed by atoms with Gasteiger partial charge in [0.15, 0.2) is 0 Å². The minimum Gasteiger partial charge on any atom is -0.353 e. The van der Waals surface area contributed by atoms with Gasteiger partial charge in [-0.3, -0.25) is 4.79 Å². The Morgan fingerprint density at radius 1 is 1.31 bits per heavy atom. The first-order chi connectivity index (χ1) is 13.9. The normalized spacial score (nSPS) is 11.7. The Balaban J connectivity index is 1.67. The summed E-state index contributed by atoms with van der Waals surface area (Å²) in [6.07, 6.45) is 3.30. The summed E-state index contributed by atoms with van der Waals surface area (Å²) in [6.45, 7) is 4.71. The van der Waals surface area contributed by atoms with Crippen molar-refractivity contribution in [1.82, 2.24) is 20.3 Å². The van der Waals surface area contributed by atoms with E-state index in [1.54, 1.807) is 24.5 Å². The van der Waals surface area contributed by atoms with Crippen LogP contribution in [0.2, 0.25) is 4.34 Å². The summed E-state index contributed by atoms with van der Waals surface area (Å²) in [5.74, 6) is 0.951. The number of hydrogen-bond donors (Lipinski definition) is 4. The van der Waals surface area contributed by atoms with Crippen LogP contribution in [-0.4, -0.2) is 33.4 Å². The molecule has 0 spiro atoms. The maximum Gasteiger partial charge on any atom is 0.251 e. The van der Waals surface area contributed by atoms with Crippen molar-refractivity contribution in [1.29, 1.82) is 0 Å². The maximum atomic E-state index is 12.5. The molecule has 0 aliphatic heterocycles. The Labute approximate surface area is 177 Å². The molecule has 0 fully saturated rings. The summed E-state index contributed by atoms with van der Waals surface area (Å²) < 4.78 is 0.593. The van der Waals surface area contributed by atoms with Crippen LogP contribution in [0.25, 0.3) is 0 Å². The second kappa shape index (κ2) is 9.64. The van der Waals surface area contributed by atoms with Gasteiger partial charge in [0.2, 0.25) is 5.95 Å². The predicted octanol–water partition coefficient (Wildman–Crippen LogP) is 3.33. The van der Waals surface area contributed by atoms with Gasteiger partial charge < -0.3 is 21.7 Å². The second-order valence-electron chi connectivity index (χ2n) is 6.53. The van der Waals surface area contributed by atoms with Crippen LogP contribution in [0.4, 0.5) is 17.5 Å². The molecule has 29 heavy (non-hydrogen) atoms. The third kappa shape index (κ3) is 6.11. The largest absolute Gasteiger partial charge is 0.353 e. The van der Waals surface area contributed by atoms with Crippen molar-refractivity contribution in [2.75, 3.05) is 17.2 Å². The Morgan fingerprint density at radius 2 is 2.14 bits per heavy atom. The molecule has 1 aromatic carbocycles. The van der Waals surface area contributed by atoms with Crippen LogP contribution in [0.1, 0.15) is 27.9 Å². The highest BCUT2D eigenvalue weighted by Crippen LogP contribution is 2.21. The van der Waals surface area contributed by atoms with Gasteiger partial charge in [0.25, 0.3) is 5.91 Å². The molecule has 0 aliphatic rings. The molecule has 0 unspecified atom stereocenters. The first-order valence-corrected chi connectivity index (χ1v) is 10.2. The highest BCUT2D eigenvalue weighted by Gasteiger charge is 2.10. The van der Waals surface area contributed by atoms with Gasteiger partial charge in [-0.05, 0) is 32.0 Å². The number of aromatic nitrogens is 3. The van der Waals surface area contributed by atoms with Crippen molar-refractivity contribution in [2.45, 2.75) is 26.4 Å². The van der Waals surface area contributed by atoms with Crippen LogP contribution in [0.3, 0.4) is 0 Å². The van der Waals surface area contributed by atoms with E-state index < -0.39 is 0 Å². The van der Waals surface area contributed by atoms with E-state index in [2.05, 4.69) is 30.9 Å². The Hall–Kier alpha value is -2.75. The number of carbonyl (C=O) groups excluding carboxylic acids is 1. The lowest BCUT2D eigenvalue weighted by Gasteiger charge is -2.12. The average Bonchev–Trinajstić information content (AvgIpc) is 3.12. The summed E-state index contributed by atoms with van der Waals surface area (Å²) in [4.78, 5) is 25.3. The first-order valence-electron chi connectivity index (χ1n) is 8.99. The smallest absolute Gasteiger partial charge is 0.251 e. The van der Waals surface area contributed by atoms with E-state index in [0.717, 1.165) is 16.3 Å². The minimum absolute atomic E-state index is 0.00749. The van der Waals surface area contributed by atoms with Crippen LogP contribution in [0, 0.1) is 6.92 Å². The average molecular weight is 432 g/mol. The van der Waals surface area contributed by atoms with E-state index in [-0.39, 0.29) is 11.9 Å². The van der Waals surface area contributed by atoms with Crippen molar-refractivity contribution in [3.05, 3.63) is 57.1 Å². The number of thiazole rings is 1. The third-order valence-electron chi connectivity index (χ3n) is 3.87. The molecule has 8 nitrogen and oxygen atoms in total. The van der Waals surface area contributed by atoms with E-state index in [4.69, 9.17) is 17.3 Å². The molecular formula is C19H22ClN7OS. The molecule has 10 heteroatoms. The van der Waals surface area contributed by atoms with E-state index >= 15 is 0 Å². The van der Waals surface area contributed by atoms with E-state index in [1.807, 2.05) is 26.0 Å². The Bertz CT molecular complexity index is 992. The summed E-state index contributed by atoms with van der Waals surface area (Å²) in [5.41, 5.74) is 7.91. The van der Waals surface area contributed by atoms with Gasteiger partial charge in [0, 0.05) is 35.6 Å². The lowest BCUT2D eigenvalue weighted by atomic mass is 10.2. The number of carbonyl (C=O) groups is 1. The maximum absolute atomic E-state index is 12.5. The monoisotopic (exact) mass is 431 g/mol. The Kier molecular flexibility index (Phi) is 6.97. The molecule has 0 saturated heterocycles. The van der Waals surface area contributed by atoms with Gasteiger partial charge in [0.05, 0.1) is 12.7 Å². The van der Waals surface area contributed by atoms with E-state index in [9.17, 15) is 4.79 Å². The lowest BCUT2D eigenvalue weighted by Crippen LogP contribution is -2.26. The fourth-order valence-corrected chi connectivity index (χ4v) is 3.30. The highest BCUT2D eigenvalue weighted by atomic mass is 35.5. The molecule has 3 rings (SSSR count). The van der Waals surface area contributed by atoms with Gasteiger partial charge in [0.1, 0.15) is 15.2 Å². The molecule has 1 atom stereocenters. The quantitative estimate of drug-likeness (QED) is 0.432. The zero-order chi connectivity index (χ0) is 20.8. The van der Waals surface area contributed by atoms with Crippen molar-refractivity contribution in [2.24, 2.45) is 5.73 Å². The molecule has 0 saturated carbocycles. The van der Waals surface area contributed by atoms with Crippen molar-refractivity contribution >= 4 is 46.3 Å². The van der Waals surface area contributed by atoms with E-state index in [1.165, 1.54) is 11.3 Å². The van der Waals surface area contributed by atoms with Crippen LogP contribution in [-0.2, 0) is 6.54 Å². The molecule has 0 aliphatic carbocycles. The van der Waals surface area contributed by atoms with Crippen LogP contribution in [0.5, 0.6) is 0 Å². The van der Waals surface area contributed by atoms with Crippen molar-refractivity contribution in [3.63, 3.8) is 0 Å². The molecule has 1 amide bonds. The summed E-state index contributed by atoms with van der Waals surface area (Å²) in [6, 6.07) is 7.18. The molecule has 3 aromatic rings. The number of anilines is 3. The van der Waals surface area contributed by atoms with Crippen LogP contribution in [0.15, 0.2) is 36.7 Å². The molecule has 5 N–H and O–H groups in total. The number of rotatable bonds is 8. The van der Waals surface area contributed by atoms with Gasteiger partial charge in [-0.25, -0.2) is 9.97 Å². The minimum atomic E-state index is -0.196. The van der Waals surface area contributed by atoms with Crippen molar-refractivity contribution in [3.8, 4) is 0 Å². The number of nitrogens with zero attached hydrogens (tertiary/aromatic N) is 3. The number of amides is 1. The predicted molar refractivity (Wildman–Crippen MR) is 117 cm³/mol. The molecule has 0 bridgehead atoms. The Morgan fingerprint density at radius 3 is 2.86 bits per heavy atom. The molecule has 2 heterocycles. The van der Waals surface area contributed by atoms with Gasteiger partial charge in [-0.1, -0.05) is 17.7 Å². The van der Waals surface area contributed by atoms with Crippen LogP contribution >= 0.6 is 22.9 Å². The first kappa shape index (κ1) is 21.0. The molecule has 0 radical (unpaired) electrons. The zero-order valence-electron chi connectivity index (χ0n) is 16.1. The van der Waals surface area contributed by atoms with Gasteiger partial charge in [-0.15, -0.1) is 11.3 Å². The summed E-state index contributed by atoms with van der Waals surface area (Å²) >= 11 is 7.20. The summed E-state index contributed by atoms with van der Waals surface area (Å²) in [5, 5.41) is 9.93. The lowest BCUT2D eigenvalue weighted by molar-refractivity contribution is 0.0951. The number of nitrogens with two attached hydrogens (primary N) is 1. The number of aryl methyl sites for hydroxylation is 1. The fraction of sp³-hybridized carbons (Fsp3) is 0.263. The van der Waals surface area contributed by atoms with E-state index in [0.29, 0.717) is 34.8 Å². The highest BCUT2D eigenvalue weighted by molar-refractivity contribution is 7.15.